The fourth-order valence-corrected chi connectivity index (χ4v) is 6.79. The summed E-state index contributed by atoms with van der Waals surface area (Å²) < 4.78 is 6.46. The molecule has 180 valence electrons. The van der Waals surface area contributed by atoms with Crippen LogP contribution in [0.25, 0.3) is 0 Å². The van der Waals surface area contributed by atoms with Crippen LogP contribution < -0.4 is 4.74 Å². The number of likely N-dealkylation sites (N-methyl/N-ethyl adjacent to an activating group) is 2. The zero-order valence-corrected chi connectivity index (χ0v) is 20.5. The highest BCUT2D eigenvalue weighted by atomic mass is 16.5. The summed E-state index contributed by atoms with van der Waals surface area (Å²) >= 11 is 0. The van der Waals surface area contributed by atoms with Crippen LogP contribution >= 0.6 is 0 Å². The maximum absolute atomic E-state index is 13.2. The molecule has 0 unspecified atom stereocenters. The molecule has 2 aromatic carbocycles. The van der Waals surface area contributed by atoms with E-state index in [9.17, 15) is 15.0 Å². The molecule has 2 N–H and O–H groups in total. The molecular formula is C29H30N2O4. The average Bonchev–Trinajstić information content (AvgIpc) is 3.19. The van der Waals surface area contributed by atoms with Crippen molar-refractivity contribution in [3.05, 3.63) is 70.3 Å². The number of likely N-dealkylation sites (tertiary alicyclic amines) is 1. The Morgan fingerprint density at radius 3 is 2.80 bits per heavy atom. The van der Waals surface area contributed by atoms with Crippen molar-refractivity contribution in [2.24, 2.45) is 0 Å². The largest absolute Gasteiger partial charge is 0.504 e. The Kier molecular flexibility index (Phi) is 4.67. The summed E-state index contributed by atoms with van der Waals surface area (Å²) in [5.74, 6) is 6.00. The highest BCUT2D eigenvalue weighted by molar-refractivity contribution is 5.94. The molecule has 2 aromatic rings. The number of hydrogen-bond donors (Lipinski definition) is 2. The molecule has 4 aliphatic rings. The zero-order valence-electron chi connectivity index (χ0n) is 20.5. The molecule has 5 atom stereocenters. The summed E-state index contributed by atoms with van der Waals surface area (Å²) in [4.78, 5) is 17.0. The third kappa shape index (κ3) is 2.83. The van der Waals surface area contributed by atoms with E-state index < -0.39 is 23.2 Å². The van der Waals surface area contributed by atoms with Crippen LogP contribution in [-0.2, 0) is 16.6 Å². The number of ether oxygens (including phenoxy) is 1. The molecule has 1 saturated heterocycles. The number of aromatic hydroxyl groups is 1. The van der Waals surface area contributed by atoms with Gasteiger partial charge in [0.25, 0.3) is 5.91 Å². The molecule has 35 heavy (non-hydrogen) atoms. The second-order valence-electron chi connectivity index (χ2n) is 10.5. The van der Waals surface area contributed by atoms with Gasteiger partial charge in [-0.25, -0.2) is 0 Å². The first-order valence-electron chi connectivity index (χ1n) is 12.2. The number of nitrogens with zero attached hydrogens (tertiary/aromatic N) is 2. The first kappa shape index (κ1) is 22.2. The number of rotatable bonds is 1. The Balaban J connectivity index is 1.40. The van der Waals surface area contributed by atoms with Crippen LogP contribution in [0, 0.1) is 25.7 Å². The minimum absolute atomic E-state index is 0.0783. The Morgan fingerprint density at radius 2 is 2.03 bits per heavy atom. The number of amides is 1. The standard InChI is InChI=1S/C29H30N2O4/c1-17-5-6-19(15-18(17)2)7-10-24(33)31(4)21-11-12-29(34)23-16-20-8-9-22(32)26-25(20)28(29,27(21)35-26)13-14-30(23)3/h5-6,8-9,11-12,15,21,23,27,32,34H,13-14,16H2,1-4H3/t21-,23-,27+,28+,29-/m1/s1. The van der Waals surface area contributed by atoms with Crippen molar-refractivity contribution in [3.63, 3.8) is 0 Å². The molecule has 1 amide bonds. The highest BCUT2D eigenvalue weighted by Crippen LogP contribution is 2.64. The van der Waals surface area contributed by atoms with E-state index in [4.69, 9.17) is 4.74 Å². The number of phenols is 1. The molecule has 2 aliphatic carbocycles. The summed E-state index contributed by atoms with van der Waals surface area (Å²) in [6, 6.07) is 9.00. The first-order chi connectivity index (χ1) is 16.7. The minimum Gasteiger partial charge on any atom is -0.504 e. The summed E-state index contributed by atoms with van der Waals surface area (Å²) in [5.41, 5.74) is 3.23. The van der Waals surface area contributed by atoms with E-state index in [2.05, 4.69) is 16.7 Å². The number of piperidine rings is 1. The van der Waals surface area contributed by atoms with Gasteiger partial charge in [-0.3, -0.25) is 9.69 Å². The number of carbonyl (C=O) groups excluding carboxylic acids is 1. The number of phenolic OH excluding ortho intramolecular Hbond substituents is 1. The molecule has 2 bridgehead atoms. The topological polar surface area (TPSA) is 73.2 Å². The summed E-state index contributed by atoms with van der Waals surface area (Å²) in [6.07, 6.45) is 4.59. The fraction of sp³-hybridized carbons (Fsp3) is 0.414. The van der Waals surface area contributed by atoms with E-state index in [1.807, 2.05) is 57.3 Å². The third-order valence-corrected chi connectivity index (χ3v) is 8.87. The van der Waals surface area contributed by atoms with Crippen LogP contribution in [0.4, 0.5) is 0 Å². The summed E-state index contributed by atoms with van der Waals surface area (Å²) in [7, 11) is 3.78. The lowest BCUT2D eigenvalue weighted by atomic mass is 9.50. The van der Waals surface area contributed by atoms with Crippen molar-refractivity contribution in [1.82, 2.24) is 9.80 Å². The molecule has 2 aliphatic heterocycles. The molecule has 0 aromatic heterocycles. The predicted octanol–water partition coefficient (Wildman–Crippen LogP) is 2.45. The lowest BCUT2D eigenvalue weighted by Gasteiger charge is -2.62. The molecule has 1 fully saturated rings. The quantitative estimate of drug-likeness (QED) is 0.495. The van der Waals surface area contributed by atoms with Gasteiger partial charge >= 0.3 is 0 Å². The maximum Gasteiger partial charge on any atom is 0.299 e. The number of benzene rings is 2. The summed E-state index contributed by atoms with van der Waals surface area (Å²) in [5, 5.41) is 22.9. The van der Waals surface area contributed by atoms with Gasteiger partial charge in [0.05, 0.1) is 11.5 Å². The van der Waals surface area contributed by atoms with Gasteiger partial charge in [0.1, 0.15) is 11.7 Å². The lowest BCUT2D eigenvalue weighted by Crippen LogP contribution is -2.76. The summed E-state index contributed by atoms with van der Waals surface area (Å²) in [6.45, 7) is 4.87. The van der Waals surface area contributed by atoms with Crippen LogP contribution in [0.15, 0.2) is 42.5 Å². The van der Waals surface area contributed by atoms with E-state index in [1.54, 1.807) is 18.0 Å². The molecule has 1 spiro atoms. The van der Waals surface area contributed by atoms with Crippen molar-refractivity contribution in [2.45, 2.75) is 55.9 Å². The Morgan fingerprint density at radius 1 is 1.23 bits per heavy atom. The second kappa shape index (κ2) is 7.36. The smallest absolute Gasteiger partial charge is 0.299 e. The second-order valence-corrected chi connectivity index (χ2v) is 10.5. The van der Waals surface area contributed by atoms with Crippen molar-refractivity contribution < 1.29 is 19.7 Å². The van der Waals surface area contributed by atoms with E-state index in [0.29, 0.717) is 18.6 Å². The van der Waals surface area contributed by atoms with Gasteiger partial charge in [-0.1, -0.05) is 30.2 Å². The van der Waals surface area contributed by atoms with Gasteiger partial charge < -0.3 is 19.8 Å². The molecule has 0 radical (unpaired) electrons. The first-order valence-corrected chi connectivity index (χ1v) is 12.2. The fourth-order valence-electron chi connectivity index (χ4n) is 6.79. The molecule has 6 rings (SSSR count). The van der Waals surface area contributed by atoms with E-state index in [0.717, 1.165) is 28.8 Å². The van der Waals surface area contributed by atoms with Gasteiger partial charge in [-0.05, 0) is 75.2 Å². The number of carbonyl (C=O) groups is 1. The van der Waals surface area contributed by atoms with Crippen LogP contribution in [-0.4, -0.2) is 70.3 Å². The molecular weight excluding hydrogens is 440 g/mol. The monoisotopic (exact) mass is 470 g/mol. The zero-order chi connectivity index (χ0) is 24.7. The van der Waals surface area contributed by atoms with E-state index >= 15 is 0 Å². The van der Waals surface area contributed by atoms with Gasteiger partial charge in [0.2, 0.25) is 0 Å². The SMILES string of the molecule is Cc1ccc(C#CC(=O)N(C)[C@@H]2C=C[C@@]3(O)[C@H]4Cc5ccc(O)c6c5[C@@]3(CCN4C)[C@H]2O6)cc1C. The molecule has 6 heteroatoms. The van der Waals surface area contributed by atoms with E-state index in [1.165, 1.54) is 5.56 Å². The van der Waals surface area contributed by atoms with E-state index in [-0.39, 0.29) is 17.7 Å². The van der Waals surface area contributed by atoms with Gasteiger partial charge in [0.15, 0.2) is 11.5 Å². The molecule has 2 heterocycles. The Hall–Kier alpha value is -3.27. The van der Waals surface area contributed by atoms with Crippen LogP contribution in [0.1, 0.15) is 34.2 Å². The highest BCUT2D eigenvalue weighted by Gasteiger charge is 2.71. The van der Waals surface area contributed by atoms with Crippen LogP contribution in [0.2, 0.25) is 0 Å². The predicted molar refractivity (Wildman–Crippen MR) is 132 cm³/mol. The van der Waals surface area contributed by atoms with Crippen LogP contribution in [0.5, 0.6) is 11.5 Å². The molecule has 6 nitrogen and oxygen atoms in total. The maximum atomic E-state index is 13.2. The van der Waals surface area contributed by atoms with Crippen molar-refractivity contribution in [3.8, 4) is 23.3 Å². The normalized spacial score (nSPS) is 31.7. The minimum atomic E-state index is -1.15. The average molecular weight is 471 g/mol. The number of hydrogen-bond acceptors (Lipinski definition) is 5. The van der Waals surface area contributed by atoms with Crippen LogP contribution in [0.3, 0.4) is 0 Å². The Bertz CT molecular complexity index is 1350. The lowest BCUT2D eigenvalue weighted by molar-refractivity contribution is -0.150. The van der Waals surface area contributed by atoms with Crippen molar-refractivity contribution >= 4 is 5.91 Å². The van der Waals surface area contributed by atoms with Gasteiger partial charge in [-0.15, -0.1) is 0 Å². The van der Waals surface area contributed by atoms with Crippen molar-refractivity contribution in [2.75, 3.05) is 20.6 Å². The van der Waals surface area contributed by atoms with Gasteiger partial charge in [-0.2, -0.15) is 0 Å². The van der Waals surface area contributed by atoms with Crippen molar-refractivity contribution in [1.29, 1.82) is 0 Å². The number of aryl methyl sites for hydroxylation is 2. The third-order valence-electron chi connectivity index (χ3n) is 8.87. The number of aliphatic hydroxyl groups is 1. The van der Waals surface area contributed by atoms with Gasteiger partial charge in [0, 0.05) is 30.1 Å². The molecule has 0 saturated carbocycles. The Labute approximate surface area is 205 Å².